The Labute approximate surface area is 112 Å². The van der Waals surface area contributed by atoms with Gasteiger partial charge in [0.1, 0.15) is 0 Å². The third-order valence-corrected chi connectivity index (χ3v) is 4.32. The molecule has 1 aliphatic carbocycles. The van der Waals surface area contributed by atoms with Crippen LogP contribution in [0.2, 0.25) is 0 Å². The summed E-state index contributed by atoms with van der Waals surface area (Å²) in [5, 5.41) is 3.84. The molecule has 1 aromatic rings. The second-order valence-electron chi connectivity index (χ2n) is 5.96. The van der Waals surface area contributed by atoms with Crippen molar-refractivity contribution in [3.05, 3.63) is 35.9 Å². The molecule has 0 bridgehead atoms. The Balaban J connectivity index is 1.73. The monoisotopic (exact) mass is 245 g/mol. The molecular formula is C17H27N. The lowest BCUT2D eigenvalue weighted by Gasteiger charge is -2.32. The molecule has 1 nitrogen and oxygen atoms in total. The van der Waals surface area contributed by atoms with Crippen LogP contribution in [0.25, 0.3) is 0 Å². The van der Waals surface area contributed by atoms with E-state index in [0.29, 0.717) is 6.04 Å². The summed E-state index contributed by atoms with van der Waals surface area (Å²) in [6.07, 6.45) is 8.05. The molecule has 100 valence electrons. The van der Waals surface area contributed by atoms with Crippen molar-refractivity contribution in [3.8, 4) is 0 Å². The molecule has 18 heavy (non-hydrogen) atoms. The van der Waals surface area contributed by atoms with Gasteiger partial charge in [-0.05, 0) is 44.1 Å². The first-order valence-electron chi connectivity index (χ1n) is 7.55. The van der Waals surface area contributed by atoms with Crippen LogP contribution >= 0.6 is 0 Å². The zero-order valence-electron chi connectivity index (χ0n) is 11.9. The molecule has 3 unspecified atom stereocenters. The van der Waals surface area contributed by atoms with Crippen LogP contribution in [0.4, 0.5) is 0 Å². The van der Waals surface area contributed by atoms with E-state index in [4.69, 9.17) is 0 Å². The lowest BCUT2D eigenvalue weighted by atomic mass is 9.85. The number of benzene rings is 1. The van der Waals surface area contributed by atoms with Gasteiger partial charge in [-0.2, -0.15) is 0 Å². The summed E-state index contributed by atoms with van der Waals surface area (Å²) in [5.41, 5.74) is 1.46. The number of rotatable bonds is 5. The fourth-order valence-corrected chi connectivity index (χ4v) is 3.04. The summed E-state index contributed by atoms with van der Waals surface area (Å²) in [6.45, 7) is 4.74. The molecule has 1 fully saturated rings. The standard InChI is InChI=1S/C17H27N/c1-14-8-6-7-11-17(14)18-15(2)12-13-16-9-4-3-5-10-16/h3-5,9-10,14-15,17-18H,6-8,11-13H2,1-2H3. The maximum Gasteiger partial charge on any atom is 0.00951 e. The van der Waals surface area contributed by atoms with E-state index >= 15 is 0 Å². The highest BCUT2D eigenvalue weighted by Gasteiger charge is 2.22. The highest BCUT2D eigenvalue weighted by molar-refractivity contribution is 5.14. The highest BCUT2D eigenvalue weighted by Crippen LogP contribution is 2.24. The zero-order chi connectivity index (χ0) is 12.8. The molecule has 1 N–H and O–H groups in total. The Kier molecular flexibility index (Phi) is 5.25. The number of aryl methyl sites for hydroxylation is 1. The Morgan fingerprint density at radius 2 is 1.89 bits per heavy atom. The van der Waals surface area contributed by atoms with Crippen molar-refractivity contribution < 1.29 is 0 Å². The maximum absolute atomic E-state index is 3.84. The number of hydrogen-bond donors (Lipinski definition) is 1. The molecule has 3 atom stereocenters. The minimum absolute atomic E-state index is 0.635. The molecule has 0 heterocycles. The lowest BCUT2D eigenvalue weighted by Crippen LogP contribution is -2.42. The molecular weight excluding hydrogens is 218 g/mol. The molecule has 0 radical (unpaired) electrons. The van der Waals surface area contributed by atoms with Crippen molar-refractivity contribution in [1.82, 2.24) is 5.32 Å². The van der Waals surface area contributed by atoms with E-state index in [2.05, 4.69) is 49.5 Å². The van der Waals surface area contributed by atoms with E-state index in [1.807, 2.05) is 0 Å². The minimum Gasteiger partial charge on any atom is -0.311 e. The van der Waals surface area contributed by atoms with Gasteiger partial charge in [-0.25, -0.2) is 0 Å². The van der Waals surface area contributed by atoms with Crippen molar-refractivity contribution in [2.45, 2.75) is 64.5 Å². The average Bonchev–Trinajstić information content (AvgIpc) is 2.40. The van der Waals surface area contributed by atoms with Crippen LogP contribution in [0.1, 0.15) is 51.5 Å². The quantitative estimate of drug-likeness (QED) is 0.820. The molecule has 1 aromatic carbocycles. The number of nitrogens with one attached hydrogen (secondary N) is 1. The van der Waals surface area contributed by atoms with Crippen LogP contribution in [0.5, 0.6) is 0 Å². The lowest BCUT2D eigenvalue weighted by molar-refractivity contribution is 0.258. The van der Waals surface area contributed by atoms with E-state index in [1.165, 1.54) is 44.1 Å². The van der Waals surface area contributed by atoms with Gasteiger partial charge in [0, 0.05) is 12.1 Å². The van der Waals surface area contributed by atoms with E-state index in [0.717, 1.165) is 12.0 Å². The summed E-state index contributed by atoms with van der Waals surface area (Å²) in [7, 11) is 0. The third-order valence-electron chi connectivity index (χ3n) is 4.32. The normalized spacial score (nSPS) is 25.9. The predicted molar refractivity (Wildman–Crippen MR) is 78.8 cm³/mol. The molecule has 1 saturated carbocycles. The predicted octanol–water partition coefficient (Wildman–Crippen LogP) is 4.18. The summed E-state index contributed by atoms with van der Waals surface area (Å²) in [4.78, 5) is 0. The van der Waals surface area contributed by atoms with Gasteiger partial charge in [-0.15, -0.1) is 0 Å². The van der Waals surface area contributed by atoms with E-state index in [9.17, 15) is 0 Å². The molecule has 1 aliphatic rings. The van der Waals surface area contributed by atoms with Crippen LogP contribution in [0.15, 0.2) is 30.3 Å². The fraction of sp³-hybridized carbons (Fsp3) is 0.647. The summed E-state index contributed by atoms with van der Waals surface area (Å²) >= 11 is 0. The van der Waals surface area contributed by atoms with Gasteiger partial charge >= 0.3 is 0 Å². The van der Waals surface area contributed by atoms with E-state index < -0.39 is 0 Å². The summed E-state index contributed by atoms with van der Waals surface area (Å²) < 4.78 is 0. The van der Waals surface area contributed by atoms with Gasteiger partial charge < -0.3 is 5.32 Å². The van der Waals surface area contributed by atoms with Gasteiger partial charge in [0.15, 0.2) is 0 Å². The van der Waals surface area contributed by atoms with Crippen molar-refractivity contribution in [2.24, 2.45) is 5.92 Å². The second-order valence-corrected chi connectivity index (χ2v) is 5.96. The molecule has 0 amide bonds. The Bertz CT molecular complexity index is 333. The van der Waals surface area contributed by atoms with Gasteiger partial charge in [0.25, 0.3) is 0 Å². The Morgan fingerprint density at radius 3 is 2.61 bits per heavy atom. The van der Waals surface area contributed by atoms with Crippen LogP contribution in [-0.4, -0.2) is 12.1 Å². The van der Waals surface area contributed by atoms with Gasteiger partial charge in [0.05, 0.1) is 0 Å². The molecule has 0 aromatic heterocycles. The Hall–Kier alpha value is -0.820. The maximum atomic E-state index is 3.84. The molecule has 0 saturated heterocycles. The third kappa shape index (κ3) is 4.13. The van der Waals surface area contributed by atoms with Crippen LogP contribution < -0.4 is 5.32 Å². The Morgan fingerprint density at radius 1 is 1.17 bits per heavy atom. The highest BCUT2D eigenvalue weighted by atomic mass is 14.9. The molecule has 2 rings (SSSR count). The first-order valence-corrected chi connectivity index (χ1v) is 7.55. The first kappa shape index (κ1) is 13.6. The topological polar surface area (TPSA) is 12.0 Å². The van der Waals surface area contributed by atoms with Crippen LogP contribution in [-0.2, 0) is 6.42 Å². The van der Waals surface area contributed by atoms with Crippen LogP contribution in [0, 0.1) is 5.92 Å². The van der Waals surface area contributed by atoms with Crippen LogP contribution in [0.3, 0.4) is 0 Å². The fourth-order valence-electron chi connectivity index (χ4n) is 3.04. The van der Waals surface area contributed by atoms with Crippen molar-refractivity contribution in [1.29, 1.82) is 0 Å². The molecule has 0 spiro atoms. The van der Waals surface area contributed by atoms with Gasteiger partial charge in [0.2, 0.25) is 0 Å². The molecule has 0 aliphatic heterocycles. The SMILES string of the molecule is CC(CCc1ccccc1)NC1CCCCC1C. The van der Waals surface area contributed by atoms with E-state index in [-0.39, 0.29) is 0 Å². The molecule has 1 heteroatoms. The van der Waals surface area contributed by atoms with Crippen molar-refractivity contribution in [3.63, 3.8) is 0 Å². The summed E-state index contributed by atoms with van der Waals surface area (Å²) in [6, 6.07) is 12.2. The smallest absolute Gasteiger partial charge is 0.00951 e. The largest absolute Gasteiger partial charge is 0.311 e. The zero-order valence-corrected chi connectivity index (χ0v) is 11.9. The summed E-state index contributed by atoms with van der Waals surface area (Å²) in [5.74, 6) is 0.859. The minimum atomic E-state index is 0.635. The average molecular weight is 245 g/mol. The first-order chi connectivity index (χ1) is 8.75. The van der Waals surface area contributed by atoms with E-state index in [1.54, 1.807) is 0 Å². The van der Waals surface area contributed by atoms with Gasteiger partial charge in [-0.1, -0.05) is 50.1 Å². The number of hydrogen-bond acceptors (Lipinski definition) is 1. The van der Waals surface area contributed by atoms with Gasteiger partial charge in [-0.3, -0.25) is 0 Å². The second kappa shape index (κ2) is 6.94. The van der Waals surface area contributed by atoms with Crippen molar-refractivity contribution in [2.75, 3.05) is 0 Å². The van der Waals surface area contributed by atoms with Crippen molar-refractivity contribution >= 4 is 0 Å².